The molecule has 1 aliphatic rings. The predicted molar refractivity (Wildman–Crippen MR) is 85.4 cm³/mol. The van der Waals surface area contributed by atoms with E-state index in [1.165, 1.54) is 0 Å². The molecule has 4 nitrogen and oxygen atoms in total. The Balaban J connectivity index is 2.25. The lowest BCUT2D eigenvalue weighted by Crippen LogP contribution is -2.26. The molecule has 0 radical (unpaired) electrons. The molecule has 5 heteroatoms. The van der Waals surface area contributed by atoms with Gasteiger partial charge in [0.05, 0.1) is 12.5 Å². The van der Waals surface area contributed by atoms with Crippen LogP contribution in [0.4, 0.5) is 5.69 Å². The van der Waals surface area contributed by atoms with Crippen molar-refractivity contribution in [3.63, 3.8) is 0 Å². The zero-order valence-corrected chi connectivity index (χ0v) is 14.2. The molecule has 0 spiro atoms. The van der Waals surface area contributed by atoms with Crippen molar-refractivity contribution >= 4 is 33.5 Å². The topological polar surface area (TPSA) is 46.6 Å². The van der Waals surface area contributed by atoms with E-state index < -0.39 is 0 Å². The summed E-state index contributed by atoms with van der Waals surface area (Å²) in [5, 5.41) is 0. The monoisotopic (exact) mass is 353 g/mol. The van der Waals surface area contributed by atoms with Gasteiger partial charge in [0, 0.05) is 23.1 Å². The Kier molecular flexibility index (Phi) is 5.04. The van der Waals surface area contributed by atoms with Crippen molar-refractivity contribution in [3.8, 4) is 0 Å². The molecule has 1 fully saturated rings. The molecule has 0 aliphatic carbocycles. The second-order valence-electron chi connectivity index (χ2n) is 5.25. The Morgan fingerprint density at radius 2 is 2.14 bits per heavy atom. The first-order valence-corrected chi connectivity index (χ1v) is 8.03. The van der Waals surface area contributed by atoms with Gasteiger partial charge in [0.25, 0.3) is 0 Å². The third-order valence-electron chi connectivity index (χ3n) is 3.75. The van der Waals surface area contributed by atoms with Crippen LogP contribution in [0.15, 0.2) is 16.6 Å². The van der Waals surface area contributed by atoms with E-state index in [0.717, 1.165) is 27.7 Å². The number of halogens is 1. The molecule has 21 heavy (non-hydrogen) atoms. The van der Waals surface area contributed by atoms with Gasteiger partial charge in [-0.25, -0.2) is 0 Å². The lowest BCUT2D eigenvalue weighted by molar-refractivity contribution is -0.147. The number of nitrogens with zero attached hydrogens (tertiary/aromatic N) is 1. The third-order valence-corrected chi connectivity index (χ3v) is 4.89. The number of esters is 1. The standard InChI is InChI=1S/C16H20BrNO3/c1-4-11-7-13(6-10(3)15(11)17)18-9-12(8-14(18)19)16(20)21-5-2/h6-7,12H,4-5,8-9H2,1-3H3. The maximum atomic E-state index is 12.2. The molecule has 0 saturated carbocycles. The van der Waals surface area contributed by atoms with Gasteiger partial charge in [-0.05, 0) is 43.5 Å². The van der Waals surface area contributed by atoms with Gasteiger partial charge in [0.1, 0.15) is 0 Å². The molecule has 114 valence electrons. The third kappa shape index (κ3) is 3.28. The van der Waals surface area contributed by atoms with Gasteiger partial charge < -0.3 is 9.64 Å². The second kappa shape index (κ2) is 6.60. The Morgan fingerprint density at radius 3 is 2.76 bits per heavy atom. The summed E-state index contributed by atoms with van der Waals surface area (Å²) < 4.78 is 6.11. The molecule has 2 rings (SSSR count). The Bertz CT molecular complexity index is 571. The summed E-state index contributed by atoms with van der Waals surface area (Å²) in [6, 6.07) is 4.00. The van der Waals surface area contributed by atoms with Crippen molar-refractivity contribution in [3.05, 3.63) is 27.7 Å². The number of hydrogen-bond donors (Lipinski definition) is 0. The van der Waals surface area contributed by atoms with Gasteiger partial charge in [-0.1, -0.05) is 22.9 Å². The first kappa shape index (κ1) is 16.0. The molecule has 1 heterocycles. The highest BCUT2D eigenvalue weighted by Gasteiger charge is 2.36. The summed E-state index contributed by atoms with van der Waals surface area (Å²) in [6.07, 6.45) is 1.12. The molecule has 1 atom stereocenters. The van der Waals surface area contributed by atoms with Gasteiger partial charge in [-0.3, -0.25) is 9.59 Å². The number of rotatable bonds is 4. The number of anilines is 1. The fourth-order valence-corrected chi connectivity index (χ4v) is 3.12. The summed E-state index contributed by atoms with van der Waals surface area (Å²) in [7, 11) is 0. The molecule has 1 unspecified atom stereocenters. The molecule has 1 aromatic rings. The molecule has 1 saturated heterocycles. The van der Waals surface area contributed by atoms with E-state index in [2.05, 4.69) is 22.9 Å². The average Bonchev–Trinajstić information content (AvgIpc) is 2.84. The summed E-state index contributed by atoms with van der Waals surface area (Å²) >= 11 is 3.58. The fourth-order valence-electron chi connectivity index (χ4n) is 2.61. The fraction of sp³-hybridized carbons (Fsp3) is 0.500. The predicted octanol–water partition coefficient (Wildman–Crippen LogP) is 3.24. The van der Waals surface area contributed by atoms with Crippen molar-refractivity contribution in [2.45, 2.75) is 33.6 Å². The normalized spacial score (nSPS) is 18.2. The van der Waals surface area contributed by atoms with E-state index in [0.29, 0.717) is 13.2 Å². The molecule has 1 aromatic carbocycles. The minimum absolute atomic E-state index is 0.0168. The summed E-state index contributed by atoms with van der Waals surface area (Å²) in [5.41, 5.74) is 3.12. The Morgan fingerprint density at radius 1 is 1.43 bits per heavy atom. The lowest BCUT2D eigenvalue weighted by Gasteiger charge is -2.19. The van der Waals surface area contributed by atoms with Crippen molar-refractivity contribution in [1.29, 1.82) is 0 Å². The van der Waals surface area contributed by atoms with Crippen LogP contribution in [0.25, 0.3) is 0 Å². The van der Waals surface area contributed by atoms with Crippen molar-refractivity contribution in [1.82, 2.24) is 0 Å². The number of carbonyl (C=O) groups is 2. The zero-order chi connectivity index (χ0) is 15.6. The molecule has 1 amide bonds. The SMILES string of the molecule is CCOC(=O)C1CC(=O)N(c2cc(C)c(Br)c(CC)c2)C1. The van der Waals surface area contributed by atoms with Crippen LogP contribution in [0, 0.1) is 12.8 Å². The molecule has 1 aliphatic heterocycles. The van der Waals surface area contributed by atoms with Crippen LogP contribution in [-0.2, 0) is 20.7 Å². The molecule has 0 N–H and O–H groups in total. The van der Waals surface area contributed by atoms with E-state index in [-0.39, 0.29) is 24.2 Å². The number of carbonyl (C=O) groups excluding carboxylic acids is 2. The molecular formula is C16H20BrNO3. The van der Waals surface area contributed by atoms with Crippen LogP contribution < -0.4 is 4.90 Å². The van der Waals surface area contributed by atoms with E-state index in [4.69, 9.17) is 4.74 Å². The van der Waals surface area contributed by atoms with Crippen LogP contribution >= 0.6 is 15.9 Å². The highest BCUT2D eigenvalue weighted by atomic mass is 79.9. The smallest absolute Gasteiger partial charge is 0.311 e. The van der Waals surface area contributed by atoms with Crippen LogP contribution in [0.1, 0.15) is 31.4 Å². The van der Waals surface area contributed by atoms with E-state index in [1.54, 1.807) is 11.8 Å². The van der Waals surface area contributed by atoms with Crippen molar-refractivity contribution in [2.75, 3.05) is 18.1 Å². The van der Waals surface area contributed by atoms with Crippen LogP contribution in [0.3, 0.4) is 0 Å². The molecule has 0 aromatic heterocycles. The van der Waals surface area contributed by atoms with Gasteiger partial charge in [0.2, 0.25) is 5.91 Å². The van der Waals surface area contributed by atoms with E-state index in [1.807, 2.05) is 19.1 Å². The zero-order valence-electron chi connectivity index (χ0n) is 12.6. The van der Waals surface area contributed by atoms with Gasteiger partial charge in [-0.2, -0.15) is 0 Å². The van der Waals surface area contributed by atoms with Crippen molar-refractivity contribution in [2.24, 2.45) is 5.92 Å². The summed E-state index contributed by atoms with van der Waals surface area (Å²) in [6.45, 7) is 6.62. The number of benzene rings is 1. The van der Waals surface area contributed by atoms with E-state index >= 15 is 0 Å². The Hall–Kier alpha value is -1.36. The van der Waals surface area contributed by atoms with E-state index in [9.17, 15) is 9.59 Å². The minimum atomic E-state index is -0.355. The van der Waals surface area contributed by atoms with Gasteiger partial charge in [-0.15, -0.1) is 0 Å². The average molecular weight is 354 g/mol. The molecule has 0 bridgehead atoms. The quantitative estimate of drug-likeness (QED) is 0.780. The summed E-state index contributed by atoms with van der Waals surface area (Å²) in [4.78, 5) is 25.7. The van der Waals surface area contributed by atoms with Crippen LogP contribution in [0.5, 0.6) is 0 Å². The highest BCUT2D eigenvalue weighted by Crippen LogP contribution is 2.32. The number of amides is 1. The number of ether oxygens (including phenoxy) is 1. The molecular weight excluding hydrogens is 334 g/mol. The first-order chi connectivity index (χ1) is 9.97. The first-order valence-electron chi connectivity index (χ1n) is 7.23. The largest absolute Gasteiger partial charge is 0.466 e. The minimum Gasteiger partial charge on any atom is -0.466 e. The van der Waals surface area contributed by atoms with Crippen LogP contribution in [-0.4, -0.2) is 25.0 Å². The van der Waals surface area contributed by atoms with Crippen molar-refractivity contribution < 1.29 is 14.3 Å². The Labute approximate surface area is 133 Å². The number of aryl methyl sites for hydroxylation is 2. The highest BCUT2D eigenvalue weighted by molar-refractivity contribution is 9.10. The van der Waals surface area contributed by atoms with Crippen LogP contribution in [0.2, 0.25) is 0 Å². The number of hydrogen-bond acceptors (Lipinski definition) is 3. The lowest BCUT2D eigenvalue weighted by atomic mass is 10.1. The van der Waals surface area contributed by atoms with Gasteiger partial charge >= 0.3 is 5.97 Å². The maximum absolute atomic E-state index is 12.2. The second-order valence-corrected chi connectivity index (χ2v) is 6.04. The summed E-state index contributed by atoms with van der Waals surface area (Å²) in [5.74, 6) is -0.652. The maximum Gasteiger partial charge on any atom is 0.311 e. The van der Waals surface area contributed by atoms with Gasteiger partial charge in [0.15, 0.2) is 0 Å².